The molecule has 1 rings (SSSR count). The zero-order valence-electron chi connectivity index (χ0n) is 10.8. The smallest absolute Gasteiger partial charge is 0.408 e. The first-order valence-corrected chi connectivity index (χ1v) is 5.84. The van der Waals surface area contributed by atoms with Crippen molar-refractivity contribution in [2.24, 2.45) is 5.92 Å². The number of nitrogens with zero attached hydrogens (tertiary/aromatic N) is 1. The minimum Gasteiger partial charge on any atom is -0.443 e. The monoisotopic (exact) mass is 250 g/mol. The van der Waals surface area contributed by atoms with E-state index < -0.39 is 12.1 Å². The quantitative estimate of drug-likeness (QED) is 0.866. The standard InChI is InChI=1S/C13H18N2O3/c1-9(2)12(10(3)16)15-13(17)18-8-11-6-4-5-7-14-11/h4-7,9,12H,8H2,1-3H3,(H,15,17). The van der Waals surface area contributed by atoms with Crippen LogP contribution in [0.15, 0.2) is 24.4 Å². The van der Waals surface area contributed by atoms with Gasteiger partial charge in [-0.3, -0.25) is 9.78 Å². The molecular weight excluding hydrogens is 232 g/mol. The van der Waals surface area contributed by atoms with Crippen molar-refractivity contribution < 1.29 is 14.3 Å². The number of hydrogen-bond donors (Lipinski definition) is 1. The highest BCUT2D eigenvalue weighted by atomic mass is 16.5. The van der Waals surface area contributed by atoms with E-state index in [0.717, 1.165) is 0 Å². The molecular formula is C13H18N2O3. The fourth-order valence-corrected chi connectivity index (χ4v) is 1.53. The first-order chi connectivity index (χ1) is 8.50. The number of alkyl carbamates (subject to hydrolysis) is 1. The first kappa shape index (κ1) is 14.2. The van der Waals surface area contributed by atoms with Crippen molar-refractivity contribution in [3.8, 4) is 0 Å². The lowest BCUT2D eigenvalue weighted by atomic mass is 10.0. The van der Waals surface area contributed by atoms with E-state index in [0.29, 0.717) is 5.69 Å². The Morgan fingerprint density at radius 2 is 2.11 bits per heavy atom. The number of amides is 1. The zero-order valence-corrected chi connectivity index (χ0v) is 10.8. The van der Waals surface area contributed by atoms with Gasteiger partial charge in [-0.15, -0.1) is 0 Å². The lowest BCUT2D eigenvalue weighted by molar-refractivity contribution is -0.119. The van der Waals surface area contributed by atoms with Crippen molar-refractivity contribution in [3.63, 3.8) is 0 Å². The highest BCUT2D eigenvalue weighted by molar-refractivity contribution is 5.85. The minimum atomic E-state index is -0.602. The number of rotatable bonds is 5. The molecule has 0 aromatic carbocycles. The third-order valence-corrected chi connectivity index (χ3v) is 2.46. The van der Waals surface area contributed by atoms with E-state index in [1.54, 1.807) is 18.3 Å². The summed E-state index contributed by atoms with van der Waals surface area (Å²) >= 11 is 0. The fourth-order valence-electron chi connectivity index (χ4n) is 1.53. The average Bonchev–Trinajstić information content (AvgIpc) is 2.34. The van der Waals surface area contributed by atoms with Crippen LogP contribution >= 0.6 is 0 Å². The number of Topliss-reactive ketones (excluding diaryl/α,β-unsaturated/α-hetero) is 1. The van der Waals surface area contributed by atoms with Gasteiger partial charge in [0, 0.05) is 6.20 Å². The molecule has 0 bridgehead atoms. The summed E-state index contributed by atoms with van der Waals surface area (Å²) in [6, 6.07) is 4.85. The molecule has 1 atom stereocenters. The lowest BCUT2D eigenvalue weighted by Gasteiger charge is -2.18. The van der Waals surface area contributed by atoms with Crippen molar-refractivity contribution in [1.29, 1.82) is 0 Å². The van der Waals surface area contributed by atoms with E-state index in [2.05, 4.69) is 10.3 Å². The van der Waals surface area contributed by atoms with Crippen molar-refractivity contribution in [1.82, 2.24) is 10.3 Å². The summed E-state index contributed by atoms with van der Waals surface area (Å²) in [5, 5.41) is 2.55. The van der Waals surface area contributed by atoms with Crippen molar-refractivity contribution in [3.05, 3.63) is 30.1 Å². The third-order valence-electron chi connectivity index (χ3n) is 2.46. The van der Waals surface area contributed by atoms with Gasteiger partial charge in [-0.2, -0.15) is 0 Å². The number of nitrogens with one attached hydrogen (secondary N) is 1. The van der Waals surface area contributed by atoms with Gasteiger partial charge in [0.1, 0.15) is 6.61 Å². The van der Waals surface area contributed by atoms with Crippen molar-refractivity contribution >= 4 is 11.9 Å². The van der Waals surface area contributed by atoms with Crippen LogP contribution in [-0.2, 0) is 16.1 Å². The molecule has 0 aliphatic heterocycles. The maximum Gasteiger partial charge on any atom is 0.408 e. The normalized spacial score (nSPS) is 12.0. The summed E-state index contributed by atoms with van der Waals surface area (Å²) < 4.78 is 4.99. The molecule has 5 nitrogen and oxygen atoms in total. The van der Waals surface area contributed by atoms with E-state index in [1.807, 2.05) is 19.9 Å². The maximum atomic E-state index is 11.5. The van der Waals surface area contributed by atoms with Crippen molar-refractivity contribution in [2.75, 3.05) is 0 Å². The fraction of sp³-hybridized carbons (Fsp3) is 0.462. The number of ketones is 1. The predicted molar refractivity (Wildman–Crippen MR) is 66.9 cm³/mol. The predicted octanol–water partition coefficient (Wildman–Crippen LogP) is 1.92. The topological polar surface area (TPSA) is 68.3 Å². The van der Waals surface area contributed by atoms with Crippen molar-refractivity contribution in [2.45, 2.75) is 33.4 Å². The van der Waals surface area contributed by atoms with Crippen LogP contribution < -0.4 is 5.32 Å². The highest BCUT2D eigenvalue weighted by Gasteiger charge is 2.21. The number of carbonyl (C=O) groups is 2. The molecule has 5 heteroatoms. The SMILES string of the molecule is CC(=O)C(NC(=O)OCc1ccccn1)C(C)C. The Labute approximate surface area is 107 Å². The van der Waals surface area contributed by atoms with Crippen LogP contribution in [0.25, 0.3) is 0 Å². The van der Waals surface area contributed by atoms with E-state index in [-0.39, 0.29) is 18.3 Å². The van der Waals surface area contributed by atoms with E-state index >= 15 is 0 Å². The molecule has 1 unspecified atom stereocenters. The highest BCUT2D eigenvalue weighted by Crippen LogP contribution is 2.04. The second-order valence-corrected chi connectivity index (χ2v) is 4.37. The largest absolute Gasteiger partial charge is 0.443 e. The van der Waals surface area contributed by atoms with Gasteiger partial charge >= 0.3 is 6.09 Å². The number of aromatic nitrogens is 1. The van der Waals surface area contributed by atoms with Gasteiger partial charge in [0.05, 0.1) is 11.7 Å². The van der Waals surface area contributed by atoms with Crippen LogP contribution in [0.1, 0.15) is 26.5 Å². The summed E-state index contributed by atoms with van der Waals surface area (Å²) in [6.45, 7) is 5.27. The van der Waals surface area contributed by atoms with Gasteiger partial charge in [-0.25, -0.2) is 4.79 Å². The van der Waals surface area contributed by atoms with Gasteiger partial charge in [0.15, 0.2) is 5.78 Å². The Morgan fingerprint density at radius 1 is 1.39 bits per heavy atom. The average molecular weight is 250 g/mol. The molecule has 1 heterocycles. The first-order valence-electron chi connectivity index (χ1n) is 5.84. The van der Waals surface area contributed by atoms with Crippen LogP contribution in [0.2, 0.25) is 0 Å². The number of pyridine rings is 1. The maximum absolute atomic E-state index is 11.5. The Morgan fingerprint density at radius 3 is 2.61 bits per heavy atom. The minimum absolute atomic E-state index is 0.0323. The molecule has 0 aliphatic carbocycles. The van der Waals surface area contributed by atoms with E-state index in [9.17, 15) is 9.59 Å². The van der Waals surface area contributed by atoms with Crippen LogP contribution in [0.3, 0.4) is 0 Å². The molecule has 0 radical (unpaired) electrons. The second-order valence-electron chi connectivity index (χ2n) is 4.37. The van der Waals surface area contributed by atoms with Crippen LogP contribution in [-0.4, -0.2) is 22.9 Å². The van der Waals surface area contributed by atoms with E-state index in [4.69, 9.17) is 4.74 Å². The summed E-state index contributed by atoms with van der Waals surface area (Å²) in [5.74, 6) is -0.0512. The van der Waals surface area contributed by atoms with Crippen LogP contribution in [0.5, 0.6) is 0 Å². The summed E-state index contributed by atoms with van der Waals surface area (Å²) in [5.41, 5.74) is 0.663. The van der Waals surface area contributed by atoms with Crippen LogP contribution in [0, 0.1) is 5.92 Å². The van der Waals surface area contributed by atoms with Gasteiger partial charge in [0.25, 0.3) is 0 Å². The van der Waals surface area contributed by atoms with E-state index in [1.165, 1.54) is 6.92 Å². The second kappa shape index (κ2) is 6.74. The molecule has 1 aromatic rings. The van der Waals surface area contributed by atoms with Gasteiger partial charge in [0.2, 0.25) is 0 Å². The van der Waals surface area contributed by atoms with Crippen LogP contribution in [0.4, 0.5) is 4.79 Å². The number of ether oxygens (including phenoxy) is 1. The molecule has 0 saturated carbocycles. The molecule has 0 spiro atoms. The number of hydrogen-bond acceptors (Lipinski definition) is 4. The summed E-state index contributed by atoms with van der Waals surface area (Å²) in [6.07, 6.45) is 1.03. The molecule has 18 heavy (non-hydrogen) atoms. The molecule has 0 aliphatic rings. The Bertz CT molecular complexity index is 404. The molecule has 98 valence electrons. The summed E-state index contributed by atoms with van der Waals surface area (Å²) in [7, 11) is 0. The molecule has 1 aromatic heterocycles. The summed E-state index contributed by atoms with van der Waals surface area (Å²) in [4.78, 5) is 26.9. The molecule has 1 amide bonds. The third kappa shape index (κ3) is 4.53. The molecule has 1 N–H and O–H groups in total. The number of carbonyl (C=O) groups excluding carboxylic acids is 2. The molecule has 0 saturated heterocycles. The molecule has 0 fully saturated rings. The zero-order chi connectivity index (χ0) is 13.5. The Hall–Kier alpha value is -1.91. The lowest BCUT2D eigenvalue weighted by Crippen LogP contribution is -2.43. The van der Waals surface area contributed by atoms with Gasteiger partial charge in [-0.05, 0) is 25.0 Å². The van der Waals surface area contributed by atoms with Gasteiger partial charge in [-0.1, -0.05) is 19.9 Å². The Kier molecular flexibility index (Phi) is 5.30. The van der Waals surface area contributed by atoms with Gasteiger partial charge < -0.3 is 10.1 Å². The Balaban J connectivity index is 2.44.